The molecule has 256 valence electrons. The smallest absolute Gasteiger partial charge is 0.227 e. The average molecular weight is 641 g/mol. The van der Waals surface area contributed by atoms with Crippen molar-refractivity contribution in [2.24, 2.45) is 17.4 Å². The number of unbranched alkanes of at least 4 members (excludes halogenated alkanes) is 1. The molecule has 11 N–H and O–H groups in total. The van der Waals surface area contributed by atoms with Crippen molar-refractivity contribution >= 4 is 29.1 Å². The zero-order valence-electron chi connectivity index (χ0n) is 28.1. The van der Waals surface area contributed by atoms with Crippen LogP contribution >= 0.6 is 12.4 Å². The minimum absolute atomic E-state index is 0. The summed E-state index contributed by atoms with van der Waals surface area (Å²) in [5, 5.41) is 5.73. The van der Waals surface area contributed by atoms with Crippen LogP contribution in [0.2, 0.25) is 0 Å². The molecule has 2 saturated heterocycles. The second-order valence-electron chi connectivity index (χ2n) is 11.8. The van der Waals surface area contributed by atoms with Crippen molar-refractivity contribution in [3.8, 4) is 0 Å². The number of nitrogens with one attached hydrogen (secondary N) is 1. The number of ether oxygens (including phenoxy) is 2. The highest BCUT2D eigenvalue weighted by molar-refractivity contribution is 5.90. The van der Waals surface area contributed by atoms with E-state index in [1.165, 1.54) is 36.6 Å². The maximum atomic E-state index is 12.5. The summed E-state index contributed by atoms with van der Waals surface area (Å²) in [6, 6.07) is 15.1. The predicted octanol–water partition coefficient (Wildman–Crippen LogP) is 6.03. The summed E-state index contributed by atoms with van der Waals surface area (Å²) in [6.45, 7) is 14.4. The molecule has 2 aliphatic rings. The summed E-state index contributed by atoms with van der Waals surface area (Å²) in [5.41, 5.74) is 12.3. The van der Waals surface area contributed by atoms with E-state index < -0.39 is 0 Å². The van der Waals surface area contributed by atoms with Gasteiger partial charge >= 0.3 is 0 Å². The van der Waals surface area contributed by atoms with Gasteiger partial charge < -0.3 is 43.5 Å². The van der Waals surface area contributed by atoms with E-state index in [0.29, 0.717) is 30.6 Å². The molecule has 9 nitrogen and oxygen atoms in total. The Labute approximate surface area is 274 Å². The molecule has 0 saturated carbocycles. The minimum atomic E-state index is 0. The molecule has 1 atom stereocenters. The van der Waals surface area contributed by atoms with Gasteiger partial charge in [0, 0.05) is 38.9 Å². The number of carbonyl (C=O) groups is 1. The lowest BCUT2D eigenvalue weighted by Gasteiger charge is -2.31. The molecule has 0 aliphatic carbocycles. The number of nitrogens with zero attached hydrogens (tertiary/aromatic N) is 1. The first-order chi connectivity index (χ1) is 19.8. The third-order valence-electron chi connectivity index (χ3n) is 7.66. The molecule has 0 aromatic heterocycles. The van der Waals surface area contributed by atoms with Crippen molar-refractivity contribution in [3.63, 3.8) is 0 Å². The number of hydrogen-bond donors (Lipinski definition) is 5. The molecule has 2 aliphatic heterocycles. The number of rotatable bonds is 11. The lowest BCUT2D eigenvalue weighted by molar-refractivity contribution is -0.131. The molecule has 0 spiro atoms. The van der Waals surface area contributed by atoms with E-state index in [4.69, 9.17) is 20.9 Å². The van der Waals surface area contributed by atoms with E-state index >= 15 is 0 Å². The van der Waals surface area contributed by atoms with Crippen LogP contribution in [0.5, 0.6) is 0 Å². The Morgan fingerprint density at radius 1 is 0.864 bits per heavy atom. The number of nitrogens with two attached hydrogens (primary N) is 2. The zero-order valence-corrected chi connectivity index (χ0v) is 28.9. The van der Waals surface area contributed by atoms with Crippen molar-refractivity contribution in [3.05, 3.63) is 48.0 Å². The monoisotopic (exact) mass is 640 g/mol. The molecule has 4 rings (SSSR count). The molecule has 0 radical (unpaired) electrons. The first-order valence-corrected chi connectivity index (χ1v) is 15.9. The van der Waals surface area contributed by atoms with E-state index in [1.807, 2.05) is 23.1 Å². The van der Waals surface area contributed by atoms with E-state index in [-0.39, 0.29) is 30.6 Å². The zero-order chi connectivity index (χ0) is 29.9. The molecule has 2 heterocycles. The quantitative estimate of drug-likeness (QED) is 0.185. The third-order valence-corrected chi connectivity index (χ3v) is 7.66. The Hall–Kier alpha value is -1.82. The van der Waals surface area contributed by atoms with Crippen molar-refractivity contribution in [2.75, 3.05) is 45.9 Å². The van der Waals surface area contributed by atoms with Gasteiger partial charge in [-0.15, -0.1) is 12.4 Å². The fraction of sp³-hybridized carbons (Fsp3) is 0.676. The maximum absolute atomic E-state index is 12.5. The van der Waals surface area contributed by atoms with Crippen LogP contribution in [-0.4, -0.2) is 75.0 Å². The van der Waals surface area contributed by atoms with Crippen LogP contribution in [0.3, 0.4) is 0 Å². The molecule has 2 aromatic rings. The lowest BCUT2D eigenvalue weighted by Crippen LogP contribution is -2.40. The fourth-order valence-corrected chi connectivity index (χ4v) is 5.11. The van der Waals surface area contributed by atoms with Gasteiger partial charge in [0.2, 0.25) is 5.91 Å². The highest BCUT2D eigenvalue weighted by Crippen LogP contribution is 2.21. The fourth-order valence-electron chi connectivity index (χ4n) is 5.11. The third kappa shape index (κ3) is 18.2. The van der Waals surface area contributed by atoms with Crippen LogP contribution in [0.25, 0.3) is 10.8 Å². The molecular formula is C34H65ClN6O3. The van der Waals surface area contributed by atoms with Gasteiger partial charge in [-0.1, -0.05) is 48.9 Å². The normalized spacial score (nSPS) is 16.5. The topological polar surface area (TPSA) is 173 Å². The van der Waals surface area contributed by atoms with Gasteiger partial charge in [0.05, 0.1) is 18.6 Å². The van der Waals surface area contributed by atoms with Gasteiger partial charge in [-0.05, 0) is 102 Å². The molecule has 2 aromatic carbocycles. The first kappa shape index (κ1) is 44.3. The Bertz CT molecular complexity index is 950. The number of amides is 1. The van der Waals surface area contributed by atoms with E-state index in [2.05, 4.69) is 57.3 Å². The Balaban J connectivity index is 0. The number of piperidine rings is 2. The van der Waals surface area contributed by atoms with Gasteiger partial charge in [0.15, 0.2) is 0 Å². The summed E-state index contributed by atoms with van der Waals surface area (Å²) in [4.78, 5) is 14.5. The van der Waals surface area contributed by atoms with Crippen LogP contribution in [0, 0.1) is 5.92 Å². The van der Waals surface area contributed by atoms with Gasteiger partial charge in [-0.3, -0.25) is 4.79 Å². The molecular weight excluding hydrogens is 576 g/mol. The highest BCUT2D eigenvalue weighted by atomic mass is 35.5. The predicted molar refractivity (Wildman–Crippen MR) is 189 cm³/mol. The molecule has 1 amide bonds. The van der Waals surface area contributed by atoms with Crippen molar-refractivity contribution in [2.45, 2.75) is 97.3 Å². The Kier molecular flexibility index (Phi) is 26.6. The number of likely N-dealkylation sites (tertiary alicyclic amines) is 1. The van der Waals surface area contributed by atoms with Crippen LogP contribution in [-0.2, 0) is 20.7 Å². The summed E-state index contributed by atoms with van der Waals surface area (Å²) in [7, 11) is 0. The molecule has 44 heavy (non-hydrogen) atoms. The molecule has 10 heteroatoms. The SMILES string of the molecule is CC(C)OCCCCOC(C)C.Cl.N.N.NCC1CCCCN1.NCC1CCN(C(=O)Cc2cccc3ccccc23)CC1. The van der Waals surface area contributed by atoms with E-state index in [1.54, 1.807) is 0 Å². The molecule has 0 bridgehead atoms. The second kappa shape index (κ2) is 26.4. The van der Waals surface area contributed by atoms with E-state index in [0.717, 1.165) is 70.6 Å². The summed E-state index contributed by atoms with van der Waals surface area (Å²) < 4.78 is 10.8. The number of benzene rings is 2. The maximum Gasteiger partial charge on any atom is 0.227 e. The number of hydrogen-bond acceptors (Lipinski definition) is 8. The van der Waals surface area contributed by atoms with Gasteiger partial charge in [0.25, 0.3) is 0 Å². The van der Waals surface area contributed by atoms with Crippen molar-refractivity contribution in [1.29, 1.82) is 0 Å². The summed E-state index contributed by atoms with van der Waals surface area (Å²) in [5.74, 6) is 0.827. The van der Waals surface area contributed by atoms with Crippen LogP contribution in [0.15, 0.2) is 42.5 Å². The van der Waals surface area contributed by atoms with Crippen LogP contribution in [0.4, 0.5) is 0 Å². The standard InChI is InChI=1S/C18H22N2O.C10H22O2.C6H14N2.ClH.2H3N/c19-13-14-8-10-20(11-9-14)18(21)12-16-6-3-5-15-4-1-2-7-17(15)16;1-9(2)11-7-5-6-8-12-10(3)4;7-5-6-3-1-2-4-8-6;;;/h1-7,14H,8-13,19H2;9-10H,5-8H2,1-4H3;6,8H,1-5,7H2;1H;2*1H3. The highest BCUT2D eigenvalue weighted by Gasteiger charge is 2.22. The minimum Gasteiger partial charge on any atom is -0.379 e. The van der Waals surface area contributed by atoms with Crippen molar-refractivity contribution in [1.82, 2.24) is 22.5 Å². The number of carbonyl (C=O) groups excluding carboxylic acids is 1. The summed E-state index contributed by atoms with van der Waals surface area (Å²) >= 11 is 0. The Morgan fingerprint density at radius 2 is 1.45 bits per heavy atom. The molecule has 2 fully saturated rings. The van der Waals surface area contributed by atoms with E-state index in [9.17, 15) is 4.79 Å². The van der Waals surface area contributed by atoms with Crippen LogP contribution < -0.4 is 29.1 Å². The number of fused-ring (bicyclic) bond motifs is 1. The number of halogens is 1. The lowest BCUT2D eigenvalue weighted by atomic mass is 9.96. The first-order valence-electron chi connectivity index (χ1n) is 15.9. The largest absolute Gasteiger partial charge is 0.379 e. The van der Waals surface area contributed by atoms with Crippen molar-refractivity contribution < 1.29 is 14.3 Å². The van der Waals surface area contributed by atoms with Gasteiger partial charge in [-0.25, -0.2) is 0 Å². The second-order valence-corrected chi connectivity index (χ2v) is 11.8. The van der Waals surface area contributed by atoms with Gasteiger partial charge in [0.1, 0.15) is 0 Å². The average Bonchev–Trinajstić information content (AvgIpc) is 3.00. The van der Waals surface area contributed by atoms with Gasteiger partial charge in [-0.2, -0.15) is 0 Å². The summed E-state index contributed by atoms with van der Waals surface area (Å²) in [6.07, 6.45) is 9.45. The van der Waals surface area contributed by atoms with Crippen LogP contribution in [0.1, 0.15) is 78.2 Å². The Morgan fingerprint density at radius 3 is 1.95 bits per heavy atom. The molecule has 1 unspecified atom stereocenters.